The topological polar surface area (TPSA) is 64.7 Å². The lowest BCUT2D eigenvalue weighted by Crippen LogP contribution is -1.95. The molecule has 11 rings (SSSR count). The van der Waals surface area contributed by atoms with Crippen LogP contribution in [0.3, 0.4) is 0 Å². The molecular formula is C48H30N4O. The van der Waals surface area contributed by atoms with Gasteiger partial charge in [0.2, 0.25) is 0 Å². The predicted octanol–water partition coefficient (Wildman–Crippen LogP) is 12.5. The highest BCUT2D eigenvalue weighted by Gasteiger charge is 2.17. The summed E-state index contributed by atoms with van der Waals surface area (Å²) in [6, 6.07) is 46.4. The van der Waals surface area contributed by atoms with Gasteiger partial charge in [0.1, 0.15) is 11.2 Å². The van der Waals surface area contributed by atoms with E-state index in [-0.39, 0.29) is 0 Å². The highest BCUT2D eigenvalue weighted by Crippen LogP contribution is 2.41. The number of hydrogen-bond donors (Lipinski definition) is 0. The van der Waals surface area contributed by atoms with Crippen LogP contribution < -0.4 is 0 Å². The van der Waals surface area contributed by atoms with Crippen LogP contribution >= 0.6 is 0 Å². The van der Waals surface area contributed by atoms with Gasteiger partial charge in [-0.2, -0.15) is 0 Å². The average molecular weight is 679 g/mol. The normalized spacial score (nSPS) is 13.2. The minimum atomic E-state index is 0.823. The molecule has 1 aliphatic rings. The number of rotatable bonds is 4. The summed E-state index contributed by atoms with van der Waals surface area (Å²) < 4.78 is 6.50. The molecule has 10 aromatic rings. The van der Waals surface area contributed by atoms with Gasteiger partial charge < -0.3 is 4.42 Å². The zero-order valence-electron chi connectivity index (χ0n) is 28.6. The Bertz CT molecular complexity index is 3160. The largest absolute Gasteiger partial charge is 0.455 e. The number of aromatic nitrogens is 4. The van der Waals surface area contributed by atoms with Gasteiger partial charge in [-0.1, -0.05) is 115 Å². The zero-order valence-corrected chi connectivity index (χ0v) is 28.6. The SMILES string of the molecule is C1=CCCC(c2ccc3ccc4ccc(-c5ccc(-c6ccc(-c7nc8ccccc8c8c7ccc7c9ccccc9oc78)cc6)cn5)nc4c3n2)=C1. The minimum Gasteiger partial charge on any atom is -0.455 e. The fraction of sp³-hybridized carbons (Fsp3) is 0.0417. The first-order valence-electron chi connectivity index (χ1n) is 18.0. The van der Waals surface area contributed by atoms with Crippen molar-refractivity contribution in [3.05, 3.63) is 164 Å². The van der Waals surface area contributed by atoms with Gasteiger partial charge in [-0.3, -0.25) is 4.98 Å². The monoisotopic (exact) mass is 678 g/mol. The van der Waals surface area contributed by atoms with Gasteiger partial charge >= 0.3 is 0 Å². The number of furan rings is 1. The Morgan fingerprint density at radius 2 is 1.19 bits per heavy atom. The molecule has 248 valence electrons. The van der Waals surface area contributed by atoms with Gasteiger partial charge in [-0.15, -0.1) is 0 Å². The van der Waals surface area contributed by atoms with Crippen molar-refractivity contribution < 1.29 is 4.42 Å². The maximum absolute atomic E-state index is 6.50. The molecule has 1 aliphatic carbocycles. The molecule has 0 saturated carbocycles. The van der Waals surface area contributed by atoms with Gasteiger partial charge in [0.25, 0.3) is 0 Å². The van der Waals surface area contributed by atoms with Gasteiger partial charge in [0.15, 0.2) is 0 Å². The number of benzene rings is 5. The Balaban J connectivity index is 0.948. The lowest BCUT2D eigenvalue weighted by molar-refractivity contribution is 0.673. The van der Waals surface area contributed by atoms with E-state index in [9.17, 15) is 0 Å². The molecule has 0 atom stereocenters. The van der Waals surface area contributed by atoms with Gasteiger partial charge in [-0.05, 0) is 60.4 Å². The smallest absolute Gasteiger partial charge is 0.144 e. The average Bonchev–Trinajstić information content (AvgIpc) is 3.62. The molecule has 5 aromatic carbocycles. The third-order valence-electron chi connectivity index (χ3n) is 10.6. The van der Waals surface area contributed by atoms with E-state index in [1.807, 2.05) is 30.5 Å². The summed E-state index contributed by atoms with van der Waals surface area (Å²) in [6.07, 6.45) is 10.5. The number of allylic oxidation sites excluding steroid dienone is 4. The first-order valence-corrected chi connectivity index (χ1v) is 18.0. The predicted molar refractivity (Wildman–Crippen MR) is 218 cm³/mol. The van der Waals surface area contributed by atoms with Crippen molar-refractivity contribution in [2.45, 2.75) is 12.8 Å². The first-order chi connectivity index (χ1) is 26.2. The van der Waals surface area contributed by atoms with Gasteiger partial charge in [-0.25, -0.2) is 15.0 Å². The maximum Gasteiger partial charge on any atom is 0.144 e. The zero-order chi connectivity index (χ0) is 34.9. The highest BCUT2D eigenvalue weighted by atomic mass is 16.3. The molecule has 0 amide bonds. The van der Waals surface area contributed by atoms with Crippen LogP contribution in [-0.2, 0) is 0 Å². The first kappa shape index (κ1) is 29.7. The van der Waals surface area contributed by atoms with E-state index >= 15 is 0 Å². The summed E-state index contributed by atoms with van der Waals surface area (Å²) in [6.45, 7) is 0. The molecule has 0 unspecified atom stereocenters. The molecule has 0 bridgehead atoms. The van der Waals surface area contributed by atoms with Crippen molar-refractivity contribution in [3.63, 3.8) is 0 Å². The second-order valence-corrected chi connectivity index (χ2v) is 13.7. The van der Waals surface area contributed by atoms with Crippen LogP contribution in [0, 0.1) is 0 Å². The van der Waals surface area contributed by atoms with E-state index < -0.39 is 0 Å². The number of para-hydroxylation sites is 2. The Hall–Kier alpha value is -6.98. The minimum absolute atomic E-state index is 0.823. The fourth-order valence-corrected chi connectivity index (χ4v) is 7.88. The molecule has 5 heterocycles. The standard InChI is InChI=1S/C48H30N4O/c1-2-8-30(9-3-1)39-25-20-32-18-19-33-21-27-42(52-47(33)46(32)50-39)41-26-22-34(28-49-41)29-14-16-31(17-15-29)45-38-24-23-36-35-10-5-7-13-43(35)53-48(36)44(38)37-11-4-6-12-40(37)51-45/h1-2,4-8,10-28H,3,9H2. The summed E-state index contributed by atoms with van der Waals surface area (Å²) in [5, 5.41) is 7.63. The third kappa shape index (κ3) is 4.85. The molecule has 0 aliphatic heterocycles. The number of pyridine rings is 4. The van der Waals surface area contributed by atoms with Crippen molar-refractivity contribution in [2.75, 3.05) is 0 Å². The molecule has 0 saturated heterocycles. The van der Waals surface area contributed by atoms with Gasteiger partial charge in [0, 0.05) is 55.0 Å². The lowest BCUT2D eigenvalue weighted by Gasteiger charge is -2.12. The molecular weight excluding hydrogens is 649 g/mol. The Labute approximate surface area is 304 Å². The van der Waals surface area contributed by atoms with Crippen LogP contribution in [0.15, 0.2) is 162 Å². The third-order valence-corrected chi connectivity index (χ3v) is 10.6. The van der Waals surface area contributed by atoms with Crippen LogP contribution in [0.5, 0.6) is 0 Å². The molecule has 0 radical (unpaired) electrons. The molecule has 0 spiro atoms. The summed E-state index contributed by atoms with van der Waals surface area (Å²) in [5.74, 6) is 0. The molecule has 5 nitrogen and oxygen atoms in total. The van der Waals surface area contributed by atoms with Crippen molar-refractivity contribution >= 4 is 71.0 Å². The quantitative estimate of drug-likeness (QED) is 0.173. The Morgan fingerprint density at radius 1 is 0.509 bits per heavy atom. The lowest BCUT2D eigenvalue weighted by atomic mass is 9.96. The second-order valence-electron chi connectivity index (χ2n) is 13.7. The van der Waals surface area contributed by atoms with E-state index in [1.54, 1.807) is 0 Å². The maximum atomic E-state index is 6.50. The van der Waals surface area contributed by atoms with Crippen LogP contribution in [0.2, 0.25) is 0 Å². The van der Waals surface area contributed by atoms with Crippen LogP contribution in [-0.4, -0.2) is 19.9 Å². The summed E-state index contributed by atoms with van der Waals surface area (Å²) in [5.41, 5.74) is 12.6. The fourth-order valence-electron chi connectivity index (χ4n) is 7.88. The van der Waals surface area contributed by atoms with E-state index in [1.165, 1.54) is 5.57 Å². The molecule has 53 heavy (non-hydrogen) atoms. The number of nitrogens with zero attached hydrogens (tertiary/aromatic N) is 4. The summed E-state index contributed by atoms with van der Waals surface area (Å²) in [7, 11) is 0. The molecule has 5 heteroatoms. The van der Waals surface area contributed by atoms with E-state index in [4.69, 9.17) is 24.4 Å². The summed E-state index contributed by atoms with van der Waals surface area (Å²) >= 11 is 0. The molecule has 0 N–H and O–H groups in total. The van der Waals surface area contributed by atoms with Crippen LogP contribution in [0.4, 0.5) is 0 Å². The van der Waals surface area contributed by atoms with E-state index in [2.05, 4.69) is 127 Å². The van der Waals surface area contributed by atoms with Crippen molar-refractivity contribution in [2.24, 2.45) is 0 Å². The highest BCUT2D eigenvalue weighted by molar-refractivity contribution is 6.24. The molecule has 5 aromatic heterocycles. The second kappa shape index (κ2) is 11.8. The van der Waals surface area contributed by atoms with Crippen molar-refractivity contribution in [1.29, 1.82) is 0 Å². The number of hydrogen-bond acceptors (Lipinski definition) is 5. The van der Waals surface area contributed by atoms with Crippen molar-refractivity contribution in [3.8, 4) is 33.8 Å². The van der Waals surface area contributed by atoms with Gasteiger partial charge in [0.05, 0.1) is 39.3 Å². The van der Waals surface area contributed by atoms with Crippen LogP contribution in [0.1, 0.15) is 18.5 Å². The number of fused-ring (bicyclic) bond motifs is 10. The van der Waals surface area contributed by atoms with E-state index in [0.717, 1.165) is 118 Å². The van der Waals surface area contributed by atoms with Crippen molar-refractivity contribution in [1.82, 2.24) is 19.9 Å². The van der Waals surface area contributed by atoms with Crippen LogP contribution in [0.25, 0.3) is 105 Å². The van der Waals surface area contributed by atoms with E-state index in [0.29, 0.717) is 0 Å². The molecule has 0 fully saturated rings. The summed E-state index contributed by atoms with van der Waals surface area (Å²) in [4.78, 5) is 20.3. The Kier molecular flexibility index (Phi) is 6.61. The Morgan fingerprint density at radius 3 is 1.98 bits per heavy atom.